The molecule has 0 bridgehead atoms. The zero-order valence-electron chi connectivity index (χ0n) is 12.1. The number of hydrogen-bond donors (Lipinski definition) is 1. The van der Waals surface area contributed by atoms with Crippen molar-refractivity contribution in [1.29, 1.82) is 0 Å². The SMILES string of the molecule is CC(=O)CN1C[C@@H](C(=O)N(C)c2ccc(F)c(Cl)c2)NC1=O. The van der Waals surface area contributed by atoms with Gasteiger partial charge in [0.15, 0.2) is 0 Å². The second kappa shape index (κ2) is 6.31. The number of hydrogen-bond acceptors (Lipinski definition) is 3. The predicted molar refractivity (Wildman–Crippen MR) is 79.4 cm³/mol. The maximum atomic E-state index is 13.2. The van der Waals surface area contributed by atoms with E-state index in [1.165, 1.54) is 35.9 Å². The largest absolute Gasteiger partial charge is 0.324 e. The minimum absolute atomic E-state index is 0.0400. The van der Waals surface area contributed by atoms with E-state index in [1.54, 1.807) is 0 Å². The number of nitrogens with one attached hydrogen (secondary N) is 1. The summed E-state index contributed by atoms with van der Waals surface area (Å²) >= 11 is 5.70. The van der Waals surface area contributed by atoms with Gasteiger partial charge in [-0.2, -0.15) is 0 Å². The first-order valence-electron chi connectivity index (χ1n) is 6.57. The molecular formula is C14H15ClFN3O3. The van der Waals surface area contributed by atoms with E-state index in [1.807, 2.05) is 0 Å². The molecule has 1 aliphatic heterocycles. The second-order valence-electron chi connectivity index (χ2n) is 5.08. The molecule has 1 aliphatic rings. The summed E-state index contributed by atoms with van der Waals surface area (Å²) in [5, 5.41) is 2.43. The number of carbonyl (C=O) groups is 3. The van der Waals surface area contributed by atoms with E-state index in [-0.39, 0.29) is 29.8 Å². The third kappa shape index (κ3) is 3.36. The highest BCUT2D eigenvalue weighted by molar-refractivity contribution is 6.31. The Morgan fingerprint density at radius 1 is 1.50 bits per heavy atom. The highest BCUT2D eigenvalue weighted by Gasteiger charge is 2.35. The van der Waals surface area contributed by atoms with E-state index >= 15 is 0 Å². The number of carbonyl (C=O) groups excluding carboxylic acids is 3. The van der Waals surface area contributed by atoms with Crippen LogP contribution in [0, 0.1) is 5.82 Å². The highest BCUT2D eigenvalue weighted by atomic mass is 35.5. The first-order valence-corrected chi connectivity index (χ1v) is 6.95. The lowest BCUT2D eigenvalue weighted by Crippen LogP contribution is -2.44. The normalized spacial score (nSPS) is 17.4. The number of Topliss-reactive ketones (excluding diaryl/α,β-unsaturated/α-hetero) is 1. The Bertz CT molecular complexity index is 638. The Labute approximate surface area is 131 Å². The van der Waals surface area contributed by atoms with E-state index < -0.39 is 17.9 Å². The summed E-state index contributed by atoms with van der Waals surface area (Å²) in [4.78, 5) is 37.7. The molecule has 118 valence electrons. The third-order valence-electron chi connectivity index (χ3n) is 3.32. The number of nitrogens with zero attached hydrogens (tertiary/aromatic N) is 2. The maximum Gasteiger partial charge on any atom is 0.318 e. The minimum Gasteiger partial charge on any atom is -0.324 e. The molecular weight excluding hydrogens is 313 g/mol. The fraction of sp³-hybridized carbons (Fsp3) is 0.357. The van der Waals surface area contributed by atoms with Crippen LogP contribution in [0.25, 0.3) is 0 Å². The van der Waals surface area contributed by atoms with Gasteiger partial charge in [-0.1, -0.05) is 11.6 Å². The van der Waals surface area contributed by atoms with Crippen LogP contribution in [0.1, 0.15) is 6.92 Å². The number of amides is 3. The van der Waals surface area contributed by atoms with Crippen molar-refractivity contribution in [2.75, 3.05) is 25.0 Å². The van der Waals surface area contributed by atoms with Crippen molar-refractivity contribution < 1.29 is 18.8 Å². The molecule has 1 aromatic rings. The molecule has 6 nitrogen and oxygen atoms in total. The summed E-state index contributed by atoms with van der Waals surface area (Å²) < 4.78 is 13.2. The summed E-state index contributed by atoms with van der Waals surface area (Å²) in [7, 11) is 1.51. The van der Waals surface area contributed by atoms with Crippen LogP contribution in [0.4, 0.5) is 14.9 Å². The van der Waals surface area contributed by atoms with Crippen LogP contribution < -0.4 is 10.2 Å². The number of rotatable bonds is 4. The number of urea groups is 1. The van der Waals surface area contributed by atoms with Gasteiger partial charge in [-0.25, -0.2) is 9.18 Å². The molecule has 3 amide bonds. The lowest BCUT2D eigenvalue weighted by atomic mass is 10.2. The Morgan fingerprint density at radius 2 is 2.18 bits per heavy atom. The molecule has 0 aliphatic carbocycles. The lowest BCUT2D eigenvalue weighted by Gasteiger charge is -2.21. The van der Waals surface area contributed by atoms with Crippen molar-refractivity contribution in [2.24, 2.45) is 0 Å². The van der Waals surface area contributed by atoms with Gasteiger partial charge in [0.25, 0.3) is 5.91 Å². The molecule has 1 atom stereocenters. The number of anilines is 1. The van der Waals surface area contributed by atoms with Crippen molar-refractivity contribution >= 4 is 35.0 Å². The Balaban J connectivity index is 2.09. The van der Waals surface area contributed by atoms with Crippen LogP contribution in [0.2, 0.25) is 5.02 Å². The van der Waals surface area contributed by atoms with E-state index in [0.29, 0.717) is 5.69 Å². The summed E-state index contributed by atoms with van der Waals surface area (Å²) in [5.41, 5.74) is 0.413. The van der Waals surface area contributed by atoms with Gasteiger partial charge in [-0.05, 0) is 25.1 Å². The summed E-state index contributed by atoms with van der Waals surface area (Å²) in [6.07, 6.45) is 0. The van der Waals surface area contributed by atoms with Gasteiger partial charge in [-0.3, -0.25) is 9.59 Å². The van der Waals surface area contributed by atoms with Gasteiger partial charge >= 0.3 is 6.03 Å². The van der Waals surface area contributed by atoms with Gasteiger partial charge in [0.05, 0.1) is 18.1 Å². The lowest BCUT2D eigenvalue weighted by molar-refractivity contribution is -0.120. The molecule has 1 saturated heterocycles. The molecule has 1 N–H and O–H groups in total. The molecule has 8 heteroatoms. The summed E-state index contributed by atoms with van der Waals surface area (Å²) in [6.45, 7) is 1.44. The Morgan fingerprint density at radius 3 is 2.77 bits per heavy atom. The molecule has 0 radical (unpaired) electrons. The molecule has 2 rings (SSSR count). The molecule has 1 heterocycles. The van der Waals surface area contributed by atoms with Crippen molar-refractivity contribution in [3.63, 3.8) is 0 Å². The van der Waals surface area contributed by atoms with Crippen molar-refractivity contribution in [3.8, 4) is 0 Å². The van der Waals surface area contributed by atoms with Gasteiger partial charge < -0.3 is 15.1 Å². The monoisotopic (exact) mass is 327 g/mol. The fourth-order valence-corrected chi connectivity index (χ4v) is 2.36. The quantitative estimate of drug-likeness (QED) is 0.909. The molecule has 0 saturated carbocycles. The van der Waals surface area contributed by atoms with Crippen LogP contribution in [-0.4, -0.2) is 48.8 Å². The van der Waals surface area contributed by atoms with Crippen molar-refractivity contribution in [1.82, 2.24) is 10.2 Å². The molecule has 0 spiro atoms. The van der Waals surface area contributed by atoms with Crippen LogP contribution >= 0.6 is 11.6 Å². The van der Waals surface area contributed by atoms with Crippen molar-refractivity contribution in [3.05, 3.63) is 29.0 Å². The van der Waals surface area contributed by atoms with Crippen LogP contribution in [0.15, 0.2) is 18.2 Å². The summed E-state index contributed by atoms with van der Waals surface area (Å²) in [5.74, 6) is -1.11. The van der Waals surface area contributed by atoms with Gasteiger partial charge in [-0.15, -0.1) is 0 Å². The van der Waals surface area contributed by atoms with E-state index in [0.717, 1.165) is 6.07 Å². The van der Waals surface area contributed by atoms with Crippen molar-refractivity contribution in [2.45, 2.75) is 13.0 Å². The number of benzene rings is 1. The molecule has 1 fully saturated rings. The van der Waals surface area contributed by atoms with Crippen LogP contribution in [-0.2, 0) is 9.59 Å². The molecule has 0 unspecified atom stereocenters. The number of halogens is 2. The fourth-order valence-electron chi connectivity index (χ4n) is 2.19. The first-order chi connectivity index (χ1) is 10.3. The second-order valence-corrected chi connectivity index (χ2v) is 5.49. The number of likely N-dealkylation sites (N-methyl/N-ethyl adjacent to an activating group) is 1. The van der Waals surface area contributed by atoms with E-state index in [9.17, 15) is 18.8 Å². The average molecular weight is 328 g/mol. The van der Waals surface area contributed by atoms with Crippen LogP contribution in [0.3, 0.4) is 0 Å². The maximum absolute atomic E-state index is 13.2. The zero-order valence-corrected chi connectivity index (χ0v) is 12.9. The molecule has 0 aromatic heterocycles. The predicted octanol–water partition coefficient (Wildman–Crippen LogP) is 1.42. The first kappa shape index (κ1) is 16.2. The van der Waals surface area contributed by atoms with E-state index in [2.05, 4.69) is 5.32 Å². The smallest absolute Gasteiger partial charge is 0.318 e. The standard InChI is InChI=1S/C14H15ClFN3O3/c1-8(20)6-19-7-12(17-14(19)22)13(21)18(2)9-3-4-11(16)10(15)5-9/h3-5,12H,6-7H2,1-2H3,(H,17,22)/t12-/m0/s1. The van der Waals surface area contributed by atoms with Crippen LogP contribution in [0.5, 0.6) is 0 Å². The molecule has 22 heavy (non-hydrogen) atoms. The van der Waals surface area contributed by atoms with Gasteiger partial charge in [0.1, 0.15) is 17.6 Å². The topological polar surface area (TPSA) is 69.7 Å². The Kier molecular flexibility index (Phi) is 4.65. The van der Waals surface area contributed by atoms with E-state index in [4.69, 9.17) is 11.6 Å². The highest BCUT2D eigenvalue weighted by Crippen LogP contribution is 2.22. The summed E-state index contributed by atoms with van der Waals surface area (Å²) in [6, 6.07) is 2.69. The Hall–Kier alpha value is -2.15. The minimum atomic E-state index is -0.763. The molecule has 1 aromatic carbocycles. The third-order valence-corrected chi connectivity index (χ3v) is 3.61. The zero-order chi connectivity index (χ0) is 16.4. The average Bonchev–Trinajstić information content (AvgIpc) is 2.81. The van der Waals surface area contributed by atoms with Gasteiger partial charge in [0, 0.05) is 12.7 Å². The number of ketones is 1. The van der Waals surface area contributed by atoms with Gasteiger partial charge in [0.2, 0.25) is 0 Å².